The number of rotatable bonds is 6. The van der Waals surface area contributed by atoms with Crippen molar-refractivity contribution in [1.29, 1.82) is 0 Å². The average Bonchev–Trinajstić information content (AvgIpc) is 2.69. The molecular weight excluding hydrogens is 284 g/mol. The number of carbonyl (C=O) groups excluding carboxylic acids is 1. The van der Waals surface area contributed by atoms with E-state index in [1.807, 2.05) is 13.8 Å². The van der Waals surface area contributed by atoms with Crippen LogP contribution in [0, 0.1) is 6.92 Å². The molecule has 0 aromatic carbocycles. The number of thiazole rings is 1. The summed E-state index contributed by atoms with van der Waals surface area (Å²) in [6, 6.07) is 0.142. The van der Waals surface area contributed by atoms with E-state index in [4.69, 9.17) is 5.11 Å². The monoisotopic (exact) mass is 302 g/mol. The number of thioether (sulfide) groups is 1. The minimum Gasteiger partial charge on any atom is -0.477 e. The predicted molar refractivity (Wildman–Crippen MR) is 77.0 cm³/mol. The summed E-state index contributed by atoms with van der Waals surface area (Å²) in [6.45, 7) is 7.41. The van der Waals surface area contributed by atoms with E-state index in [1.165, 1.54) is 11.8 Å². The molecule has 2 unspecified atom stereocenters. The van der Waals surface area contributed by atoms with Crippen LogP contribution >= 0.6 is 23.1 Å². The molecule has 1 rings (SSSR count). The van der Waals surface area contributed by atoms with Gasteiger partial charge in [-0.1, -0.05) is 18.7 Å². The Labute approximate surface area is 120 Å². The molecule has 0 fully saturated rings. The summed E-state index contributed by atoms with van der Waals surface area (Å²) in [5, 5.41) is 11.6. The minimum absolute atomic E-state index is 0.0518. The Kier molecular flexibility index (Phi) is 5.81. The van der Waals surface area contributed by atoms with Crippen LogP contribution in [-0.4, -0.2) is 33.3 Å². The van der Waals surface area contributed by atoms with Gasteiger partial charge in [-0.25, -0.2) is 9.78 Å². The van der Waals surface area contributed by atoms with Gasteiger partial charge in [0.25, 0.3) is 0 Å². The number of nitrogens with zero attached hydrogens (tertiary/aromatic N) is 1. The average molecular weight is 302 g/mol. The van der Waals surface area contributed by atoms with E-state index < -0.39 is 5.97 Å². The van der Waals surface area contributed by atoms with Gasteiger partial charge in [-0.3, -0.25) is 4.79 Å². The lowest BCUT2D eigenvalue weighted by Gasteiger charge is -2.14. The lowest BCUT2D eigenvalue weighted by atomic mass is 10.2. The summed E-state index contributed by atoms with van der Waals surface area (Å²) in [6.07, 6.45) is 0.878. The van der Waals surface area contributed by atoms with Crippen LogP contribution in [0.25, 0.3) is 0 Å². The number of carboxylic acid groups (broad SMARTS) is 1. The zero-order valence-corrected chi connectivity index (χ0v) is 13.0. The SMILES string of the molecule is CCC(C)NC(=O)C(C)Sc1nc(C)c(C(=O)O)s1. The summed E-state index contributed by atoms with van der Waals surface area (Å²) in [4.78, 5) is 27.2. The van der Waals surface area contributed by atoms with E-state index in [1.54, 1.807) is 13.8 Å². The van der Waals surface area contributed by atoms with Crippen LogP contribution in [0.3, 0.4) is 0 Å². The van der Waals surface area contributed by atoms with Gasteiger partial charge in [-0.2, -0.15) is 0 Å². The van der Waals surface area contributed by atoms with E-state index in [0.29, 0.717) is 10.0 Å². The van der Waals surface area contributed by atoms with Crippen molar-refractivity contribution in [2.45, 2.75) is 49.7 Å². The van der Waals surface area contributed by atoms with Crippen LogP contribution in [0.2, 0.25) is 0 Å². The molecule has 0 aliphatic heterocycles. The summed E-state index contributed by atoms with van der Waals surface area (Å²) in [7, 11) is 0. The molecule has 106 valence electrons. The molecule has 1 amide bonds. The first kappa shape index (κ1) is 16.0. The third kappa shape index (κ3) is 4.50. The first-order valence-corrected chi connectivity index (χ1v) is 7.72. The third-order valence-electron chi connectivity index (χ3n) is 2.62. The number of aryl methyl sites for hydroxylation is 1. The minimum atomic E-state index is -0.974. The quantitative estimate of drug-likeness (QED) is 0.789. The van der Waals surface area contributed by atoms with Crippen molar-refractivity contribution in [1.82, 2.24) is 10.3 Å². The molecule has 0 radical (unpaired) electrons. The Balaban J connectivity index is 2.66. The number of hydrogen-bond donors (Lipinski definition) is 2. The lowest BCUT2D eigenvalue weighted by molar-refractivity contribution is -0.120. The van der Waals surface area contributed by atoms with Gasteiger partial charge in [0.05, 0.1) is 10.9 Å². The predicted octanol–water partition coefficient (Wildman–Crippen LogP) is 2.55. The van der Waals surface area contributed by atoms with Crippen LogP contribution in [0.4, 0.5) is 0 Å². The highest BCUT2D eigenvalue weighted by Gasteiger charge is 2.20. The molecular formula is C12H18N2O3S2. The number of aromatic nitrogens is 1. The Morgan fingerprint density at radius 2 is 2.11 bits per heavy atom. The van der Waals surface area contributed by atoms with Gasteiger partial charge in [0.2, 0.25) is 5.91 Å². The van der Waals surface area contributed by atoms with E-state index in [-0.39, 0.29) is 22.1 Å². The van der Waals surface area contributed by atoms with E-state index >= 15 is 0 Å². The van der Waals surface area contributed by atoms with Gasteiger partial charge >= 0.3 is 5.97 Å². The second-order valence-electron chi connectivity index (χ2n) is 4.28. The van der Waals surface area contributed by atoms with Crippen molar-refractivity contribution < 1.29 is 14.7 Å². The van der Waals surface area contributed by atoms with Gasteiger partial charge in [0, 0.05) is 6.04 Å². The summed E-state index contributed by atoms with van der Waals surface area (Å²) < 4.78 is 0.613. The topological polar surface area (TPSA) is 79.3 Å². The van der Waals surface area contributed by atoms with Gasteiger partial charge in [0.15, 0.2) is 4.34 Å². The van der Waals surface area contributed by atoms with Gasteiger partial charge < -0.3 is 10.4 Å². The van der Waals surface area contributed by atoms with Crippen LogP contribution in [0.15, 0.2) is 4.34 Å². The number of hydrogen-bond acceptors (Lipinski definition) is 5. The molecule has 0 saturated carbocycles. The number of nitrogens with one attached hydrogen (secondary N) is 1. The summed E-state index contributed by atoms with van der Waals surface area (Å²) >= 11 is 2.40. The maximum absolute atomic E-state index is 11.9. The first-order chi connectivity index (χ1) is 8.85. The molecule has 2 atom stereocenters. The van der Waals surface area contributed by atoms with Crippen molar-refractivity contribution >= 4 is 35.0 Å². The number of amides is 1. The Bertz CT molecular complexity index is 474. The zero-order valence-electron chi connectivity index (χ0n) is 11.4. The molecule has 1 aromatic rings. The fourth-order valence-corrected chi connectivity index (χ4v) is 3.47. The molecule has 7 heteroatoms. The first-order valence-electron chi connectivity index (χ1n) is 6.02. The van der Waals surface area contributed by atoms with Crippen LogP contribution < -0.4 is 5.32 Å². The summed E-state index contributed by atoms with van der Waals surface area (Å²) in [5.41, 5.74) is 0.495. The van der Waals surface area contributed by atoms with Crippen molar-refractivity contribution in [2.24, 2.45) is 0 Å². The standard InChI is InChI=1S/C12H18N2O3S2/c1-5-6(2)13-10(15)8(4)18-12-14-7(3)9(19-12)11(16)17/h6,8H,5H2,1-4H3,(H,13,15)(H,16,17). The van der Waals surface area contributed by atoms with Crippen LogP contribution in [-0.2, 0) is 4.79 Å². The largest absolute Gasteiger partial charge is 0.477 e. The maximum Gasteiger partial charge on any atom is 0.347 e. The highest BCUT2D eigenvalue weighted by molar-refractivity contribution is 8.02. The molecule has 0 saturated heterocycles. The van der Waals surface area contributed by atoms with Crippen molar-refractivity contribution in [3.8, 4) is 0 Å². The smallest absolute Gasteiger partial charge is 0.347 e. The number of aromatic carboxylic acids is 1. The van der Waals surface area contributed by atoms with Crippen LogP contribution in [0.5, 0.6) is 0 Å². The van der Waals surface area contributed by atoms with Gasteiger partial charge in [-0.15, -0.1) is 11.3 Å². The van der Waals surface area contributed by atoms with Crippen molar-refractivity contribution in [3.05, 3.63) is 10.6 Å². The molecule has 1 aromatic heterocycles. The van der Waals surface area contributed by atoms with Gasteiger partial charge in [-0.05, 0) is 27.2 Å². The normalized spacial score (nSPS) is 13.9. The third-order valence-corrected chi connectivity index (χ3v) is 4.96. The summed E-state index contributed by atoms with van der Waals surface area (Å²) in [5.74, 6) is -1.03. The molecule has 0 aliphatic carbocycles. The molecule has 0 aliphatic rings. The second kappa shape index (κ2) is 6.91. The molecule has 2 N–H and O–H groups in total. The highest BCUT2D eigenvalue weighted by Crippen LogP contribution is 2.30. The Morgan fingerprint density at radius 3 is 2.58 bits per heavy atom. The van der Waals surface area contributed by atoms with Crippen LogP contribution in [0.1, 0.15) is 42.6 Å². The second-order valence-corrected chi connectivity index (χ2v) is 6.86. The molecule has 0 bridgehead atoms. The van der Waals surface area contributed by atoms with E-state index in [0.717, 1.165) is 17.8 Å². The Hall–Kier alpha value is -1.08. The van der Waals surface area contributed by atoms with E-state index in [2.05, 4.69) is 10.3 Å². The molecule has 1 heterocycles. The van der Waals surface area contributed by atoms with Crippen molar-refractivity contribution in [3.63, 3.8) is 0 Å². The number of carbonyl (C=O) groups is 2. The van der Waals surface area contributed by atoms with Crippen molar-refractivity contribution in [2.75, 3.05) is 0 Å². The van der Waals surface area contributed by atoms with Gasteiger partial charge in [0.1, 0.15) is 4.88 Å². The van der Waals surface area contributed by atoms with E-state index in [9.17, 15) is 9.59 Å². The number of carboxylic acids is 1. The lowest BCUT2D eigenvalue weighted by Crippen LogP contribution is -2.37. The molecule has 19 heavy (non-hydrogen) atoms. The maximum atomic E-state index is 11.9. The molecule has 0 spiro atoms. The molecule has 5 nitrogen and oxygen atoms in total. The Morgan fingerprint density at radius 1 is 1.47 bits per heavy atom. The fourth-order valence-electron chi connectivity index (χ4n) is 1.29. The highest BCUT2D eigenvalue weighted by atomic mass is 32.2. The zero-order chi connectivity index (χ0) is 14.6. The fraction of sp³-hybridized carbons (Fsp3) is 0.583.